The summed E-state index contributed by atoms with van der Waals surface area (Å²) >= 11 is 0. The number of anilines is 1. The number of hydrogen-bond donors (Lipinski definition) is 2. The van der Waals surface area contributed by atoms with Crippen LogP contribution in [-0.4, -0.2) is 151 Å². The molecule has 0 radical (unpaired) electrons. The molecule has 320 valence electrons. The summed E-state index contributed by atoms with van der Waals surface area (Å²) in [6, 6.07) is 23.7. The molecule has 3 aromatic rings. The molecule has 0 fully saturated rings. The second-order valence-electron chi connectivity index (χ2n) is 12.8. The average molecular weight is 813 g/mol. The number of rotatable bonds is 34. The van der Waals surface area contributed by atoms with Crippen LogP contribution in [0.2, 0.25) is 0 Å². The van der Waals surface area contributed by atoms with Gasteiger partial charge in [-0.2, -0.15) is 0 Å². The van der Waals surface area contributed by atoms with Gasteiger partial charge in [0.2, 0.25) is 5.91 Å². The highest BCUT2D eigenvalue weighted by Crippen LogP contribution is 2.44. The molecular formula is C43H60N2O13. The fourth-order valence-corrected chi connectivity index (χ4v) is 5.79. The molecule has 58 heavy (non-hydrogen) atoms. The van der Waals surface area contributed by atoms with E-state index in [1.165, 1.54) is 29.2 Å². The number of hydrogen-bond acceptors (Lipinski definition) is 13. The monoisotopic (exact) mass is 812 g/mol. The molecule has 0 heterocycles. The Hall–Kier alpha value is -4.16. The van der Waals surface area contributed by atoms with Gasteiger partial charge in [-0.1, -0.05) is 48.5 Å². The Labute approximate surface area is 341 Å². The number of carbonyl (C=O) groups excluding carboxylic acids is 2. The quantitative estimate of drug-likeness (QED) is 0.0800. The molecule has 0 bridgehead atoms. The van der Waals surface area contributed by atoms with Gasteiger partial charge in [0.15, 0.2) is 0 Å². The molecule has 0 aliphatic heterocycles. The summed E-state index contributed by atoms with van der Waals surface area (Å²) in [4.78, 5) is 23.3. The van der Waals surface area contributed by atoms with Gasteiger partial charge in [0.25, 0.3) is 0 Å². The molecule has 0 atom stereocenters. The maximum atomic E-state index is 12.3. The third-order valence-electron chi connectivity index (χ3n) is 8.51. The summed E-state index contributed by atoms with van der Waals surface area (Å²) in [5.41, 5.74) is 5.49. The highest BCUT2D eigenvalue weighted by Gasteiger charge is 2.29. The smallest absolute Gasteiger partial charge is 0.407 e. The number of carbonyl (C=O) groups is 2. The molecule has 0 unspecified atom stereocenters. The maximum absolute atomic E-state index is 12.3. The summed E-state index contributed by atoms with van der Waals surface area (Å²) in [6.07, 6.45) is -0.456. The Morgan fingerprint density at radius 1 is 0.483 bits per heavy atom. The Morgan fingerprint density at radius 2 is 0.862 bits per heavy atom. The van der Waals surface area contributed by atoms with E-state index in [-0.39, 0.29) is 18.4 Å². The number of nitrogens with one attached hydrogen (secondary N) is 2. The van der Waals surface area contributed by atoms with Crippen LogP contribution in [-0.2, 0) is 52.2 Å². The van der Waals surface area contributed by atoms with Gasteiger partial charge in [-0.3, -0.25) is 4.79 Å². The standard InChI is InChI=1S/C43H60N2O13/c1-35(46)45-36-10-12-37(13-11-36)57-33-32-56-31-30-55-29-28-54-27-26-53-25-24-52-23-22-51-21-20-50-19-18-49-17-16-48-15-14-44-43(47)58-34-42-40-8-4-2-6-38(40)39-7-3-5-9-41(39)42/h2-13,42H,14-34H2,1H3,(H,44,47)(H,45,46). The van der Waals surface area contributed by atoms with Crippen LogP contribution in [0.3, 0.4) is 0 Å². The maximum Gasteiger partial charge on any atom is 0.407 e. The molecule has 1 aliphatic carbocycles. The van der Waals surface area contributed by atoms with Gasteiger partial charge in [-0.05, 0) is 46.5 Å². The lowest BCUT2D eigenvalue weighted by molar-refractivity contribution is -0.114. The van der Waals surface area contributed by atoms with E-state index in [0.717, 1.165) is 5.69 Å². The van der Waals surface area contributed by atoms with Crippen LogP contribution < -0.4 is 15.4 Å². The van der Waals surface area contributed by atoms with Crippen molar-refractivity contribution in [2.24, 2.45) is 0 Å². The molecular weight excluding hydrogens is 752 g/mol. The minimum absolute atomic E-state index is 0.0328. The fraction of sp³-hybridized carbons (Fsp3) is 0.535. The topological polar surface area (TPSA) is 160 Å². The van der Waals surface area contributed by atoms with Crippen LogP contribution in [0.5, 0.6) is 5.75 Å². The van der Waals surface area contributed by atoms with Crippen molar-refractivity contribution in [3.05, 3.63) is 83.9 Å². The van der Waals surface area contributed by atoms with Crippen LogP contribution >= 0.6 is 0 Å². The average Bonchev–Trinajstić information content (AvgIpc) is 3.55. The zero-order valence-electron chi connectivity index (χ0n) is 33.7. The van der Waals surface area contributed by atoms with Crippen molar-refractivity contribution in [1.82, 2.24) is 5.32 Å². The molecule has 0 aromatic heterocycles. The number of amides is 2. The first kappa shape index (κ1) is 46.5. The summed E-state index contributed by atoms with van der Waals surface area (Å²) in [6.45, 7) is 10.9. The van der Waals surface area contributed by atoms with Crippen LogP contribution in [0, 0.1) is 0 Å². The van der Waals surface area contributed by atoms with E-state index in [1.807, 2.05) is 24.3 Å². The van der Waals surface area contributed by atoms with Gasteiger partial charge in [0, 0.05) is 25.1 Å². The number of ether oxygens (including phenoxy) is 11. The highest BCUT2D eigenvalue weighted by atomic mass is 16.6. The van der Waals surface area contributed by atoms with Crippen molar-refractivity contribution in [3.8, 4) is 16.9 Å². The second-order valence-corrected chi connectivity index (χ2v) is 12.8. The van der Waals surface area contributed by atoms with Gasteiger partial charge in [0.05, 0.1) is 119 Å². The summed E-state index contributed by atoms with van der Waals surface area (Å²) in [5, 5.41) is 5.45. The Bertz CT molecular complexity index is 1500. The number of benzene rings is 3. The molecule has 0 saturated heterocycles. The van der Waals surface area contributed by atoms with E-state index in [1.54, 1.807) is 24.3 Å². The zero-order valence-corrected chi connectivity index (χ0v) is 33.7. The minimum Gasteiger partial charge on any atom is -0.491 e. The van der Waals surface area contributed by atoms with E-state index < -0.39 is 6.09 Å². The number of alkyl carbamates (subject to hydrolysis) is 1. The zero-order chi connectivity index (χ0) is 40.7. The molecule has 0 spiro atoms. The van der Waals surface area contributed by atoms with E-state index >= 15 is 0 Å². The highest BCUT2D eigenvalue weighted by molar-refractivity contribution is 5.88. The van der Waals surface area contributed by atoms with Crippen molar-refractivity contribution in [2.75, 3.05) is 144 Å². The van der Waals surface area contributed by atoms with Gasteiger partial charge >= 0.3 is 6.09 Å². The predicted molar refractivity (Wildman–Crippen MR) is 217 cm³/mol. The third-order valence-corrected chi connectivity index (χ3v) is 8.51. The van der Waals surface area contributed by atoms with Crippen molar-refractivity contribution >= 4 is 17.7 Å². The lowest BCUT2D eigenvalue weighted by Gasteiger charge is -2.14. The molecule has 15 nitrogen and oxygen atoms in total. The SMILES string of the molecule is CC(=O)Nc1ccc(OCCOCCOCCOCCOCCOCCOCCOCCOCCOCCNC(=O)OCC2c3ccccc3-c3ccccc32)cc1. The Balaban J connectivity index is 0.789. The van der Waals surface area contributed by atoms with Crippen molar-refractivity contribution in [3.63, 3.8) is 0 Å². The van der Waals surface area contributed by atoms with Gasteiger partial charge in [-0.25, -0.2) is 4.79 Å². The van der Waals surface area contributed by atoms with Gasteiger partial charge < -0.3 is 62.7 Å². The molecule has 0 saturated carbocycles. The van der Waals surface area contributed by atoms with Crippen molar-refractivity contribution in [1.29, 1.82) is 0 Å². The molecule has 2 N–H and O–H groups in total. The summed E-state index contributed by atoms with van der Waals surface area (Å²) in [5.74, 6) is 0.633. The van der Waals surface area contributed by atoms with E-state index in [2.05, 4.69) is 34.9 Å². The lowest BCUT2D eigenvalue weighted by Crippen LogP contribution is -2.29. The number of fused-ring (bicyclic) bond motifs is 3. The predicted octanol–water partition coefficient (Wildman–Crippen LogP) is 4.71. The molecule has 2 amide bonds. The van der Waals surface area contributed by atoms with Crippen LogP contribution in [0.25, 0.3) is 11.1 Å². The van der Waals surface area contributed by atoms with Crippen molar-refractivity contribution in [2.45, 2.75) is 12.8 Å². The molecule has 4 rings (SSSR count). The fourth-order valence-electron chi connectivity index (χ4n) is 5.79. The van der Waals surface area contributed by atoms with Gasteiger partial charge in [-0.15, -0.1) is 0 Å². The van der Waals surface area contributed by atoms with Gasteiger partial charge in [0.1, 0.15) is 19.0 Å². The van der Waals surface area contributed by atoms with E-state index in [0.29, 0.717) is 138 Å². The van der Waals surface area contributed by atoms with Crippen LogP contribution in [0.1, 0.15) is 24.0 Å². The normalized spacial score (nSPS) is 11.9. The summed E-state index contributed by atoms with van der Waals surface area (Å²) in [7, 11) is 0. The second kappa shape index (κ2) is 30.0. The first-order valence-corrected chi connectivity index (χ1v) is 19.9. The van der Waals surface area contributed by atoms with Crippen LogP contribution in [0.4, 0.5) is 10.5 Å². The largest absolute Gasteiger partial charge is 0.491 e. The Morgan fingerprint density at radius 3 is 1.28 bits per heavy atom. The summed E-state index contributed by atoms with van der Waals surface area (Å²) < 4.78 is 60.7. The van der Waals surface area contributed by atoms with E-state index in [4.69, 9.17) is 52.1 Å². The lowest BCUT2D eigenvalue weighted by atomic mass is 9.98. The van der Waals surface area contributed by atoms with Crippen LogP contribution in [0.15, 0.2) is 72.8 Å². The first-order chi connectivity index (χ1) is 28.6. The van der Waals surface area contributed by atoms with E-state index in [9.17, 15) is 9.59 Å². The Kier molecular flexibility index (Phi) is 24.0. The molecule has 15 heteroatoms. The molecule has 3 aromatic carbocycles. The minimum atomic E-state index is -0.456. The molecule has 1 aliphatic rings. The van der Waals surface area contributed by atoms with Crippen molar-refractivity contribution < 1.29 is 61.7 Å². The third kappa shape index (κ3) is 19.5. The first-order valence-electron chi connectivity index (χ1n) is 19.9.